The Labute approximate surface area is 192 Å². The summed E-state index contributed by atoms with van der Waals surface area (Å²) in [5.74, 6) is 0.690. The van der Waals surface area contributed by atoms with Gasteiger partial charge in [0.2, 0.25) is 0 Å². The topological polar surface area (TPSA) is 74.3 Å². The number of nitrogens with zero attached hydrogens (tertiary/aromatic N) is 1. The summed E-state index contributed by atoms with van der Waals surface area (Å²) in [7, 11) is 3.78. The second-order valence-electron chi connectivity index (χ2n) is 8.89. The van der Waals surface area contributed by atoms with Gasteiger partial charge < -0.3 is 23.8 Å². The minimum absolute atomic E-state index is 0.166. The van der Waals surface area contributed by atoms with Gasteiger partial charge in [-0.1, -0.05) is 24.3 Å². The fraction of sp³-hybridized carbons (Fsp3) is 0.385. The zero-order valence-corrected chi connectivity index (χ0v) is 19.0. The predicted octanol–water partition coefficient (Wildman–Crippen LogP) is 3.64. The first-order chi connectivity index (χ1) is 15.9. The van der Waals surface area contributed by atoms with Crippen molar-refractivity contribution >= 4 is 11.9 Å². The normalized spacial score (nSPS) is 25.3. The molecule has 33 heavy (non-hydrogen) atoms. The maximum Gasteiger partial charge on any atom is 0.342 e. The van der Waals surface area contributed by atoms with E-state index in [0.29, 0.717) is 6.42 Å². The van der Waals surface area contributed by atoms with Gasteiger partial charge in [-0.25, -0.2) is 4.79 Å². The van der Waals surface area contributed by atoms with E-state index < -0.39 is 18.0 Å². The number of hydrogen-bond acceptors (Lipinski definition) is 7. The van der Waals surface area contributed by atoms with Crippen LogP contribution in [0.5, 0.6) is 17.2 Å². The monoisotopic (exact) mass is 449 g/mol. The van der Waals surface area contributed by atoms with Crippen LogP contribution in [0.1, 0.15) is 41.3 Å². The molecule has 0 saturated carbocycles. The Kier molecular flexibility index (Phi) is 5.37. The van der Waals surface area contributed by atoms with Crippen LogP contribution in [0.25, 0.3) is 0 Å². The van der Waals surface area contributed by atoms with E-state index in [2.05, 4.69) is 24.1 Å². The van der Waals surface area contributed by atoms with Crippen molar-refractivity contribution in [2.75, 3.05) is 20.7 Å². The fourth-order valence-corrected chi connectivity index (χ4v) is 5.23. The number of para-hydroxylation sites is 1. The molecule has 1 unspecified atom stereocenters. The average molecular weight is 450 g/mol. The molecule has 0 fully saturated rings. The van der Waals surface area contributed by atoms with Gasteiger partial charge in [0, 0.05) is 25.5 Å². The molecule has 2 aromatic carbocycles. The SMILES string of the molecule is COc1ccc2c3c1O[C@H]1CC(OC(=O)c4ccccc4OC(C)=O)C=C[C@@]31CCN(C)C2. The van der Waals surface area contributed by atoms with Crippen molar-refractivity contribution in [3.8, 4) is 17.2 Å². The van der Waals surface area contributed by atoms with Crippen molar-refractivity contribution in [2.45, 2.75) is 43.9 Å². The van der Waals surface area contributed by atoms with Crippen LogP contribution < -0.4 is 14.2 Å². The summed E-state index contributed by atoms with van der Waals surface area (Å²) in [4.78, 5) is 26.6. The molecule has 1 aliphatic carbocycles. The van der Waals surface area contributed by atoms with Gasteiger partial charge in [-0.2, -0.15) is 0 Å². The van der Waals surface area contributed by atoms with Gasteiger partial charge in [-0.15, -0.1) is 0 Å². The van der Waals surface area contributed by atoms with Crippen LogP contribution in [0.4, 0.5) is 0 Å². The number of esters is 2. The highest BCUT2D eigenvalue weighted by molar-refractivity contribution is 5.93. The van der Waals surface area contributed by atoms with E-state index in [1.54, 1.807) is 31.4 Å². The highest BCUT2D eigenvalue weighted by Crippen LogP contribution is 2.55. The van der Waals surface area contributed by atoms with Crippen LogP contribution in [0, 0.1) is 0 Å². The van der Waals surface area contributed by atoms with Gasteiger partial charge >= 0.3 is 11.9 Å². The maximum absolute atomic E-state index is 12.9. The summed E-state index contributed by atoms with van der Waals surface area (Å²) in [5.41, 5.74) is 2.38. The van der Waals surface area contributed by atoms with Crippen molar-refractivity contribution in [1.82, 2.24) is 4.90 Å². The molecule has 0 amide bonds. The largest absolute Gasteiger partial charge is 0.493 e. The zero-order chi connectivity index (χ0) is 23.2. The summed E-state index contributed by atoms with van der Waals surface area (Å²) in [6, 6.07) is 10.7. The van der Waals surface area contributed by atoms with Crippen molar-refractivity contribution in [3.05, 3.63) is 65.2 Å². The molecule has 1 spiro atoms. The molecule has 7 nitrogen and oxygen atoms in total. The molecule has 0 radical (unpaired) electrons. The van der Waals surface area contributed by atoms with E-state index in [1.807, 2.05) is 12.1 Å². The molecular formula is C26H27NO6. The molecule has 0 saturated heterocycles. The Balaban J connectivity index is 1.43. The van der Waals surface area contributed by atoms with Gasteiger partial charge in [-0.3, -0.25) is 4.79 Å². The van der Waals surface area contributed by atoms with Crippen molar-refractivity contribution in [1.29, 1.82) is 0 Å². The molecule has 5 rings (SSSR count). The van der Waals surface area contributed by atoms with E-state index in [4.69, 9.17) is 18.9 Å². The highest BCUT2D eigenvalue weighted by atomic mass is 16.6. The third kappa shape index (κ3) is 3.66. The number of methoxy groups -OCH3 is 1. The van der Waals surface area contributed by atoms with Crippen molar-refractivity contribution in [2.24, 2.45) is 0 Å². The number of benzene rings is 2. The predicted molar refractivity (Wildman–Crippen MR) is 121 cm³/mol. The Morgan fingerprint density at radius 1 is 1.15 bits per heavy atom. The molecule has 3 atom stereocenters. The first-order valence-corrected chi connectivity index (χ1v) is 11.1. The molecule has 7 heteroatoms. The summed E-state index contributed by atoms with van der Waals surface area (Å²) >= 11 is 0. The fourth-order valence-electron chi connectivity index (χ4n) is 5.23. The number of rotatable bonds is 4. The van der Waals surface area contributed by atoms with E-state index in [0.717, 1.165) is 31.0 Å². The number of carbonyl (C=O) groups excluding carboxylic acids is 2. The third-order valence-corrected chi connectivity index (χ3v) is 6.75. The molecule has 0 N–H and O–H groups in total. The van der Waals surface area contributed by atoms with Gasteiger partial charge in [0.05, 0.1) is 12.5 Å². The summed E-state index contributed by atoms with van der Waals surface area (Å²) in [6.45, 7) is 3.08. The summed E-state index contributed by atoms with van der Waals surface area (Å²) in [6.07, 6.45) is 4.94. The minimum atomic E-state index is -0.535. The first kappa shape index (κ1) is 21.5. The van der Waals surface area contributed by atoms with E-state index in [9.17, 15) is 9.59 Å². The lowest BCUT2D eigenvalue weighted by Gasteiger charge is -2.36. The Morgan fingerprint density at radius 3 is 2.76 bits per heavy atom. The van der Waals surface area contributed by atoms with Gasteiger partial charge in [0.1, 0.15) is 23.5 Å². The van der Waals surface area contributed by atoms with Crippen LogP contribution >= 0.6 is 0 Å². The molecule has 3 aliphatic rings. The third-order valence-electron chi connectivity index (χ3n) is 6.75. The average Bonchev–Trinajstić information content (AvgIpc) is 3.05. The molecule has 2 heterocycles. The quantitative estimate of drug-likeness (QED) is 0.401. The molecular weight excluding hydrogens is 422 g/mol. The number of carbonyl (C=O) groups is 2. The zero-order valence-electron chi connectivity index (χ0n) is 19.0. The number of ether oxygens (including phenoxy) is 4. The van der Waals surface area contributed by atoms with Gasteiger partial charge in [0.15, 0.2) is 11.5 Å². The lowest BCUT2D eigenvalue weighted by molar-refractivity contribution is -0.131. The van der Waals surface area contributed by atoms with Crippen molar-refractivity contribution < 1.29 is 28.5 Å². The first-order valence-electron chi connectivity index (χ1n) is 11.1. The van der Waals surface area contributed by atoms with Crippen LogP contribution in [-0.2, 0) is 21.5 Å². The van der Waals surface area contributed by atoms with E-state index in [1.165, 1.54) is 18.1 Å². The number of hydrogen-bond donors (Lipinski definition) is 0. The lowest BCUT2D eigenvalue weighted by Crippen LogP contribution is -2.43. The highest BCUT2D eigenvalue weighted by Gasteiger charge is 2.53. The van der Waals surface area contributed by atoms with Crippen LogP contribution in [0.15, 0.2) is 48.6 Å². The second-order valence-corrected chi connectivity index (χ2v) is 8.89. The Morgan fingerprint density at radius 2 is 1.97 bits per heavy atom. The Hall–Kier alpha value is -3.32. The standard InChI is InChI=1S/C26H27NO6/c1-16(28)31-20-7-5-4-6-19(20)25(29)32-18-10-11-26-12-13-27(2)15-17-8-9-21(30-3)24(23(17)26)33-22(26)14-18/h4-11,18,22H,12-15H2,1-3H3/t18?,22-,26-/m0/s1. The second kappa shape index (κ2) is 8.23. The Bertz CT molecular complexity index is 1140. The van der Waals surface area contributed by atoms with E-state index in [-0.39, 0.29) is 22.8 Å². The van der Waals surface area contributed by atoms with Crippen LogP contribution in [0.2, 0.25) is 0 Å². The molecule has 0 aromatic heterocycles. The van der Waals surface area contributed by atoms with Gasteiger partial charge in [0.25, 0.3) is 0 Å². The van der Waals surface area contributed by atoms with Crippen LogP contribution in [-0.4, -0.2) is 49.7 Å². The van der Waals surface area contributed by atoms with E-state index >= 15 is 0 Å². The molecule has 172 valence electrons. The molecule has 2 aliphatic heterocycles. The maximum atomic E-state index is 12.9. The minimum Gasteiger partial charge on any atom is -0.493 e. The summed E-state index contributed by atoms with van der Waals surface area (Å²) < 4.78 is 23.1. The summed E-state index contributed by atoms with van der Waals surface area (Å²) in [5, 5.41) is 0. The van der Waals surface area contributed by atoms with Crippen LogP contribution in [0.3, 0.4) is 0 Å². The lowest BCUT2D eigenvalue weighted by atomic mass is 9.69. The van der Waals surface area contributed by atoms with Crippen molar-refractivity contribution in [3.63, 3.8) is 0 Å². The smallest absolute Gasteiger partial charge is 0.342 e. The molecule has 2 aromatic rings. The van der Waals surface area contributed by atoms with Gasteiger partial charge in [-0.05, 0) is 49.9 Å². The molecule has 0 bridgehead atoms.